The van der Waals surface area contributed by atoms with Crippen LogP contribution in [0.3, 0.4) is 0 Å². The van der Waals surface area contributed by atoms with Gasteiger partial charge >= 0.3 is 5.97 Å². The summed E-state index contributed by atoms with van der Waals surface area (Å²) in [6, 6.07) is 3.33. The second kappa shape index (κ2) is 19.3. The fourth-order valence-corrected chi connectivity index (χ4v) is 2.89. The summed E-state index contributed by atoms with van der Waals surface area (Å²) in [5, 5.41) is 2.79. The van der Waals surface area contributed by atoms with Crippen LogP contribution >= 0.6 is 0 Å². The van der Waals surface area contributed by atoms with E-state index in [2.05, 4.69) is 53.7 Å². The summed E-state index contributed by atoms with van der Waals surface area (Å²) in [5.74, 6) is -0.410. The van der Waals surface area contributed by atoms with Crippen molar-refractivity contribution in [1.82, 2.24) is 10.3 Å². The van der Waals surface area contributed by atoms with Crippen molar-refractivity contribution in [2.24, 2.45) is 0 Å². The average molecular weight is 427 g/mol. The van der Waals surface area contributed by atoms with E-state index in [1.807, 2.05) is 0 Å². The van der Waals surface area contributed by atoms with Crippen molar-refractivity contribution in [1.29, 1.82) is 0 Å². The highest BCUT2D eigenvalue weighted by Crippen LogP contribution is 2.08. The van der Waals surface area contributed by atoms with Gasteiger partial charge in [-0.2, -0.15) is 0 Å². The van der Waals surface area contributed by atoms with Crippen molar-refractivity contribution < 1.29 is 14.3 Å². The maximum Gasteiger partial charge on any atom is 0.339 e. The van der Waals surface area contributed by atoms with Crippen LogP contribution in [0, 0.1) is 0 Å². The van der Waals surface area contributed by atoms with Crippen LogP contribution in [-0.2, 0) is 9.53 Å². The van der Waals surface area contributed by atoms with Crippen molar-refractivity contribution in [2.75, 3.05) is 13.2 Å². The number of esters is 1. The van der Waals surface area contributed by atoms with Gasteiger partial charge in [0.25, 0.3) is 0 Å². The standard InChI is InChI=1S/C26H38N2O3/c1-2-3-4-5-6-7-8-9-10-11-12-13-14-15-16-19-25(29)28-21-22-31-26(30)24-18-17-20-27-23-24/h3-4,6-7,9-10,17-18,20,23H,2,5,8,11-16,19,21-22H2,1H3,(H,28,29). The van der Waals surface area contributed by atoms with Crippen LogP contribution in [0.25, 0.3) is 0 Å². The maximum atomic E-state index is 11.8. The fraction of sp³-hybridized carbons (Fsp3) is 0.500. The quantitative estimate of drug-likeness (QED) is 0.190. The Bertz CT molecular complexity index is 681. The minimum absolute atomic E-state index is 0.0126. The van der Waals surface area contributed by atoms with Gasteiger partial charge in [-0.05, 0) is 50.7 Å². The second-order valence-electron chi connectivity index (χ2n) is 7.33. The number of hydrogen-bond acceptors (Lipinski definition) is 4. The third-order valence-corrected chi connectivity index (χ3v) is 4.61. The Balaban J connectivity index is 1.88. The van der Waals surface area contributed by atoms with Crippen LogP contribution in [0.15, 0.2) is 61.0 Å². The highest BCUT2D eigenvalue weighted by atomic mass is 16.5. The normalized spacial score (nSPS) is 11.5. The van der Waals surface area contributed by atoms with Crippen molar-refractivity contribution in [3.63, 3.8) is 0 Å². The van der Waals surface area contributed by atoms with Crippen LogP contribution in [0.2, 0.25) is 0 Å². The fourth-order valence-electron chi connectivity index (χ4n) is 2.89. The third-order valence-electron chi connectivity index (χ3n) is 4.61. The molecule has 5 heteroatoms. The van der Waals surface area contributed by atoms with Crippen LogP contribution in [0.5, 0.6) is 0 Å². The number of rotatable bonds is 17. The molecule has 0 aliphatic carbocycles. The predicted molar refractivity (Wildman–Crippen MR) is 127 cm³/mol. The lowest BCUT2D eigenvalue weighted by Gasteiger charge is -2.06. The third kappa shape index (κ3) is 15.8. The summed E-state index contributed by atoms with van der Waals surface area (Å²) in [5.41, 5.74) is 0.414. The van der Waals surface area contributed by atoms with Gasteiger partial charge in [0.2, 0.25) is 5.91 Å². The lowest BCUT2D eigenvalue weighted by atomic mass is 10.1. The molecule has 0 spiro atoms. The molecule has 0 atom stereocenters. The summed E-state index contributed by atoms with van der Waals surface area (Å²) >= 11 is 0. The van der Waals surface area contributed by atoms with Gasteiger partial charge in [-0.1, -0.05) is 62.6 Å². The van der Waals surface area contributed by atoms with Crippen molar-refractivity contribution >= 4 is 11.9 Å². The second-order valence-corrected chi connectivity index (χ2v) is 7.33. The number of amides is 1. The number of unbranched alkanes of at least 4 members (excludes halogenated alkanes) is 5. The molecule has 0 fully saturated rings. The molecule has 0 aromatic carbocycles. The van der Waals surface area contributed by atoms with E-state index in [0.29, 0.717) is 18.5 Å². The van der Waals surface area contributed by atoms with E-state index < -0.39 is 5.97 Å². The van der Waals surface area contributed by atoms with Gasteiger partial charge in [-0.25, -0.2) is 4.79 Å². The van der Waals surface area contributed by atoms with Crippen LogP contribution in [0.1, 0.15) is 81.5 Å². The maximum absolute atomic E-state index is 11.8. The van der Waals surface area contributed by atoms with E-state index in [-0.39, 0.29) is 12.5 Å². The summed E-state index contributed by atoms with van der Waals surface area (Å²) in [6.45, 7) is 2.65. The minimum Gasteiger partial charge on any atom is -0.460 e. The van der Waals surface area contributed by atoms with Crippen molar-refractivity contribution in [2.45, 2.75) is 71.1 Å². The molecular formula is C26H38N2O3. The molecule has 0 bridgehead atoms. The Hall–Kier alpha value is -2.69. The van der Waals surface area contributed by atoms with E-state index in [4.69, 9.17) is 4.74 Å². The Morgan fingerprint density at radius 2 is 1.68 bits per heavy atom. The topological polar surface area (TPSA) is 68.3 Å². The van der Waals surface area contributed by atoms with E-state index >= 15 is 0 Å². The molecule has 1 amide bonds. The molecule has 0 saturated carbocycles. The first-order valence-corrected chi connectivity index (χ1v) is 11.5. The van der Waals surface area contributed by atoms with Gasteiger partial charge in [0.05, 0.1) is 12.1 Å². The number of pyridine rings is 1. The van der Waals surface area contributed by atoms with Crippen LogP contribution in [-0.4, -0.2) is 30.0 Å². The number of allylic oxidation sites excluding steroid dienone is 6. The first kappa shape index (κ1) is 26.3. The van der Waals surface area contributed by atoms with Gasteiger partial charge < -0.3 is 10.1 Å². The van der Waals surface area contributed by atoms with Crippen molar-refractivity contribution in [3.8, 4) is 0 Å². The minimum atomic E-state index is -0.423. The summed E-state index contributed by atoms with van der Waals surface area (Å²) in [4.78, 5) is 27.4. The lowest BCUT2D eigenvalue weighted by Crippen LogP contribution is -2.27. The molecule has 170 valence electrons. The predicted octanol–water partition coefficient (Wildman–Crippen LogP) is 5.94. The van der Waals surface area contributed by atoms with Gasteiger partial charge in [-0.15, -0.1) is 0 Å². The Morgan fingerprint density at radius 1 is 0.968 bits per heavy atom. The van der Waals surface area contributed by atoms with Gasteiger partial charge in [-0.3, -0.25) is 9.78 Å². The number of carbonyl (C=O) groups excluding carboxylic acids is 2. The molecule has 1 heterocycles. The highest BCUT2D eigenvalue weighted by molar-refractivity contribution is 5.88. The molecule has 1 rings (SSSR count). The largest absolute Gasteiger partial charge is 0.460 e. The molecule has 31 heavy (non-hydrogen) atoms. The first-order chi connectivity index (χ1) is 15.2. The smallest absolute Gasteiger partial charge is 0.339 e. The van der Waals surface area contributed by atoms with Crippen LogP contribution < -0.4 is 5.32 Å². The van der Waals surface area contributed by atoms with Crippen LogP contribution in [0.4, 0.5) is 0 Å². The molecule has 5 nitrogen and oxygen atoms in total. The molecule has 1 aromatic heterocycles. The number of ether oxygens (including phenoxy) is 1. The molecule has 0 aliphatic rings. The summed E-state index contributed by atoms with van der Waals surface area (Å²) < 4.78 is 5.10. The first-order valence-electron chi connectivity index (χ1n) is 11.5. The molecule has 0 radical (unpaired) electrons. The zero-order valence-corrected chi connectivity index (χ0v) is 18.9. The average Bonchev–Trinajstić information content (AvgIpc) is 2.79. The zero-order chi connectivity index (χ0) is 22.4. The molecule has 0 saturated heterocycles. The Kier molecular flexibility index (Phi) is 16.4. The summed E-state index contributed by atoms with van der Waals surface area (Å²) in [6.07, 6.45) is 26.7. The molecule has 0 aliphatic heterocycles. The molecule has 1 N–H and O–H groups in total. The zero-order valence-electron chi connectivity index (χ0n) is 18.9. The van der Waals surface area contributed by atoms with Crippen molar-refractivity contribution in [3.05, 3.63) is 66.5 Å². The highest BCUT2D eigenvalue weighted by Gasteiger charge is 2.06. The van der Waals surface area contributed by atoms with Gasteiger partial charge in [0, 0.05) is 18.8 Å². The van der Waals surface area contributed by atoms with E-state index in [1.54, 1.807) is 18.3 Å². The Morgan fingerprint density at radius 3 is 2.42 bits per heavy atom. The number of nitrogens with zero attached hydrogens (tertiary/aromatic N) is 1. The Labute approximate surface area is 187 Å². The van der Waals surface area contributed by atoms with E-state index in [1.165, 1.54) is 19.0 Å². The molecule has 0 unspecified atom stereocenters. The van der Waals surface area contributed by atoms with Gasteiger partial charge in [0.15, 0.2) is 0 Å². The molecule has 1 aromatic rings. The SMILES string of the molecule is CCC=CCC=CCC=CCCCCCCCC(=O)NCCOC(=O)c1cccnc1. The number of nitrogens with one attached hydrogen (secondary N) is 1. The molecular weight excluding hydrogens is 388 g/mol. The number of carbonyl (C=O) groups is 2. The monoisotopic (exact) mass is 426 g/mol. The van der Waals surface area contributed by atoms with E-state index in [9.17, 15) is 9.59 Å². The number of hydrogen-bond donors (Lipinski definition) is 1. The van der Waals surface area contributed by atoms with Gasteiger partial charge in [0.1, 0.15) is 6.61 Å². The lowest BCUT2D eigenvalue weighted by molar-refractivity contribution is -0.121. The van der Waals surface area contributed by atoms with E-state index in [0.717, 1.165) is 44.9 Å². The number of aromatic nitrogens is 1. The summed E-state index contributed by atoms with van der Waals surface area (Å²) in [7, 11) is 0.